The van der Waals surface area contributed by atoms with Crippen LogP contribution in [0, 0.1) is 11.7 Å². The Bertz CT molecular complexity index is 1300. The molecule has 0 bridgehead atoms. The van der Waals surface area contributed by atoms with E-state index in [1.807, 2.05) is 0 Å². The largest absolute Gasteiger partial charge is 0.479 e. The molecule has 3 heterocycles. The molecule has 3 atom stereocenters. The van der Waals surface area contributed by atoms with Gasteiger partial charge in [0.2, 0.25) is 5.43 Å². The molecule has 14 heteroatoms. The molecule has 2 saturated heterocycles. The van der Waals surface area contributed by atoms with Crippen LogP contribution < -0.4 is 26.1 Å². The van der Waals surface area contributed by atoms with E-state index < -0.39 is 58.3 Å². The fourth-order valence-electron chi connectivity index (χ4n) is 5.07. The van der Waals surface area contributed by atoms with Gasteiger partial charge >= 0.3 is 18.6 Å². The highest BCUT2D eigenvalue weighted by molar-refractivity contribution is 6.03. The maximum Gasteiger partial charge on any atom is 0.387 e. The van der Waals surface area contributed by atoms with Crippen molar-refractivity contribution in [2.24, 2.45) is 5.92 Å². The van der Waals surface area contributed by atoms with E-state index in [-0.39, 0.29) is 29.2 Å². The summed E-state index contributed by atoms with van der Waals surface area (Å²) in [4.78, 5) is 35.6. The van der Waals surface area contributed by atoms with E-state index in [2.05, 4.69) is 5.32 Å². The Morgan fingerprint density at radius 2 is 1.87 bits per heavy atom. The van der Waals surface area contributed by atoms with Gasteiger partial charge in [-0.05, 0) is 45.1 Å². The summed E-state index contributed by atoms with van der Waals surface area (Å²) in [6.07, 6.45) is 3.11. The molecule has 0 amide bonds. The van der Waals surface area contributed by atoms with Gasteiger partial charge in [0.25, 0.3) is 0 Å². The number of aromatic carboxylic acids is 1. The molecule has 0 spiro atoms. The van der Waals surface area contributed by atoms with Crippen molar-refractivity contribution in [3.63, 3.8) is 0 Å². The number of alkyl halides is 2. The maximum atomic E-state index is 15.6. The minimum atomic E-state index is -3.27. The summed E-state index contributed by atoms with van der Waals surface area (Å²) in [6.45, 7) is -0.434. The van der Waals surface area contributed by atoms with Crippen molar-refractivity contribution in [2.45, 2.75) is 57.4 Å². The second-order valence-corrected chi connectivity index (χ2v) is 9.71. The first-order valence-electron chi connectivity index (χ1n) is 12.2. The number of carboxylic acids is 2. The van der Waals surface area contributed by atoms with Crippen molar-refractivity contribution < 1.29 is 42.8 Å². The van der Waals surface area contributed by atoms with E-state index in [9.17, 15) is 28.3 Å². The number of aliphatic hydroxyl groups excluding tert-OH is 1. The predicted molar refractivity (Wildman–Crippen MR) is 130 cm³/mol. The average Bonchev–Trinajstić information content (AvgIpc) is 3.60. The molecule has 2 aliphatic heterocycles. The van der Waals surface area contributed by atoms with Crippen LogP contribution in [0.3, 0.4) is 0 Å². The Morgan fingerprint density at radius 1 is 1.21 bits per heavy atom. The topological polar surface area (TPSA) is 167 Å². The Kier molecular flexibility index (Phi) is 7.74. The summed E-state index contributed by atoms with van der Waals surface area (Å²) in [7, 11) is 0. The molecule has 1 aromatic heterocycles. The number of hydrogen-bond donors (Lipinski definition) is 5. The van der Waals surface area contributed by atoms with Crippen molar-refractivity contribution in [3.05, 3.63) is 27.8 Å². The molecule has 38 heavy (non-hydrogen) atoms. The highest BCUT2D eigenvalue weighted by atomic mass is 19.3. The van der Waals surface area contributed by atoms with Crippen LogP contribution in [0.1, 0.15) is 49.0 Å². The number of pyridine rings is 1. The van der Waals surface area contributed by atoms with E-state index >= 15 is 4.39 Å². The highest BCUT2D eigenvalue weighted by Crippen LogP contribution is 2.47. The first kappa shape index (κ1) is 27.5. The molecular weight excluding hydrogens is 513 g/mol. The Labute approximate surface area is 214 Å². The number of aromatic nitrogens is 1. The van der Waals surface area contributed by atoms with Gasteiger partial charge < -0.3 is 40.6 Å². The summed E-state index contributed by atoms with van der Waals surface area (Å²) in [5.41, 5.74) is 3.56. The van der Waals surface area contributed by atoms with Gasteiger partial charge in [0.05, 0.1) is 16.6 Å². The van der Waals surface area contributed by atoms with Crippen LogP contribution in [0.15, 0.2) is 11.0 Å². The second-order valence-electron chi connectivity index (χ2n) is 9.71. The lowest BCUT2D eigenvalue weighted by atomic mass is 9.94. The number of carboxylic acid groups (broad SMARTS) is 2. The van der Waals surface area contributed by atoms with Crippen LogP contribution in [0.5, 0.6) is 5.75 Å². The standard InChI is InChI=1S/C21H23F3N4O4.C3H6O3/c22-14-15(25)13-16(28(10-3-4-10)7-11(18(13)29)20(30)31)19(32-21(23)24)17(14)27-6-9-2-1-5-26-12(9)8-27;1-2(4)3(5)6/h7,9-10,12,21,26H,1-6,8,25H2,(H,30,31);2,4H,1H3,(H,5,6)/t9-,12+;/m0./s1. The number of piperidine rings is 1. The SMILES string of the molecule is CC(O)C(=O)O.Nc1c(F)c(N2C[C@@H]3CCCN[C@@H]3C2)c(OC(F)F)c2c1c(=O)c(C(=O)O)cn2C1CC1. The van der Waals surface area contributed by atoms with Crippen molar-refractivity contribution in [3.8, 4) is 5.75 Å². The number of aliphatic hydroxyl groups is 1. The zero-order valence-electron chi connectivity index (χ0n) is 20.5. The molecule has 0 radical (unpaired) electrons. The first-order chi connectivity index (χ1) is 17.9. The van der Waals surface area contributed by atoms with Crippen LogP contribution in [0.2, 0.25) is 0 Å². The number of fused-ring (bicyclic) bond motifs is 2. The van der Waals surface area contributed by atoms with Gasteiger partial charge in [0, 0.05) is 31.4 Å². The average molecular weight is 543 g/mol. The number of nitrogens with zero attached hydrogens (tertiary/aromatic N) is 2. The fraction of sp³-hybridized carbons (Fsp3) is 0.542. The third kappa shape index (κ3) is 5.23. The predicted octanol–water partition coefficient (Wildman–Crippen LogP) is 2.00. The molecule has 1 unspecified atom stereocenters. The summed E-state index contributed by atoms with van der Waals surface area (Å²) in [6, 6.07) is -0.128. The zero-order valence-corrected chi connectivity index (χ0v) is 20.5. The Hall–Kier alpha value is -3.52. The van der Waals surface area contributed by atoms with E-state index in [1.165, 1.54) is 11.5 Å². The molecule has 2 aromatic rings. The number of ether oxygens (including phenoxy) is 1. The number of rotatable bonds is 6. The molecule has 208 valence electrons. The number of benzene rings is 1. The van der Waals surface area contributed by atoms with Crippen LogP contribution in [0.4, 0.5) is 24.5 Å². The molecule has 6 N–H and O–H groups in total. The van der Waals surface area contributed by atoms with Gasteiger partial charge in [-0.25, -0.2) is 14.0 Å². The second kappa shape index (κ2) is 10.7. The molecule has 1 aliphatic carbocycles. The Morgan fingerprint density at radius 3 is 2.39 bits per heavy atom. The van der Waals surface area contributed by atoms with Gasteiger partial charge in [0.15, 0.2) is 11.6 Å². The molecule has 1 aromatic carbocycles. The monoisotopic (exact) mass is 542 g/mol. The van der Waals surface area contributed by atoms with Crippen molar-refractivity contribution >= 4 is 34.2 Å². The van der Waals surface area contributed by atoms with Gasteiger partial charge in [-0.15, -0.1) is 0 Å². The van der Waals surface area contributed by atoms with Gasteiger partial charge in [-0.1, -0.05) is 0 Å². The maximum absolute atomic E-state index is 15.6. The lowest BCUT2D eigenvalue weighted by Gasteiger charge is -2.26. The minimum Gasteiger partial charge on any atom is -0.479 e. The molecule has 3 aliphatic rings. The van der Waals surface area contributed by atoms with Crippen molar-refractivity contribution in [1.82, 2.24) is 9.88 Å². The minimum absolute atomic E-state index is 0.0829. The number of carbonyl (C=O) groups is 2. The lowest BCUT2D eigenvalue weighted by molar-refractivity contribution is -0.145. The van der Waals surface area contributed by atoms with Crippen LogP contribution in [-0.2, 0) is 4.79 Å². The summed E-state index contributed by atoms with van der Waals surface area (Å²) in [5, 5.41) is 28.2. The first-order valence-corrected chi connectivity index (χ1v) is 12.2. The number of nitrogens with two attached hydrogens (primary N) is 1. The number of hydrogen-bond acceptors (Lipinski definition) is 8. The molecule has 3 fully saturated rings. The van der Waals surface area contributed by atoms with Crippen LogP contribution in [-0.4, -0.2) is 70.2 Å². The summed E-state index contributed by atoms with van der Waals surface area (Å²) < 4.78 is 48.9. The van der Waals surface area contributed by atoms with Gasteiger partial charge in [-0.2, -0.15) is 8.78 Å². The molecule has 5 rings (SSSR count). The molecule has 11 nitrogen and oxygen atoms in total. The fourth-order valence-corrected chi connectivity index (χ4v) is 5.07. The van der Waals surface area contributed by atoms with Gasteiger partial charge in [-0.3, -0.25) is 4.79 Å². The number of halogens is 3. The van der Waals surface area contributed by atoms with Crippen LogP contribution in [0.25, 0.3) is 10.9 Å². The van der Waals surface area contributed by atoms with Crippen molar-refractivity contribution in [2.75, 3.05) is 30.3 Å². The van der Waals surface area contributed by atoms with Crippen LogP contribution >= 0.6 is 0 Å². The van der Waals surface area contributed by atoms with E-state index in [0.29, 0.717) is 25.9 Å². The molecular formula is C24H29F3N4O7. The number of nitrogen functional groups attached to an aromatic ring is 1. The number of nitrogens with one attached hydrogen (secondary N) is 1. The zero-order chi connectivity index (χ0) is 27.9. The number of anilines is 2. The summed E-state index contributed by atoms with van der Waals surface area (Å²) >= 11 is 0. The van der Waals surface area contributed by atoms with E-state index in [1.54, 1.807) is 4.90 Å². The van der Waals surface area contributed by atoms with Gasteiger partial charge in [0.1, 0.15) is 17.4 Å². The normalized spacial score (nSPS) is 21.6. The van der Waals surface area contributed by atoms with E-state index in [4.69, 9.17) is 20.7 Å². The quantitative estimate of drug-likeness (QED) is 0.341. The smallest absolute Gasteiger partial charge is 0.387 e. The Balaban J connectivity index is 0.000000505. The third-order valence-electron chi connectivity index (χ3n) is 7.03. The lowest BCUT2D eigenvalue weighted by Crippen LogP contribution is -2.40. The molecule has 1 saturated carbocycles. The van der Waals surface area contributed by atoms with E-state index in [0.717, 1.165) is 25.6 Å². The summed E-state index contributed by atoms with van der Waals surface area (Å²) in [5.74, 6) is -3.98. The highest BCUT2D eigenvalue weighted by Gasteiger charge is 2.39. The number of aliphatic carboxylic acids is 1. The van der Waals surface area contributed by atoms with Crippen molar-refractivity contribution in [1.29, 1.82) is 0 Å². The third-order valence-corrected chi connectivity index (χ3v) is 7.03.